The molecule has 1 amide bonds. The van der Waals surface area contributed by atoms with Crippen LogP contribution in [-0.4, -0.2) is 31.2 Å². The summed E-state index contributed by atoms with van der Waals surface area (Å²) in [5, 5.41) is 6.74. The van der Waals surface area contributed by atoms with Gasteiger partial charge < -0.3 is 15.4 Å². The summed E-state index contributed by atoms with van der Waals surface area (Å²) in [6.45, 7) is 6.42. The smallest absolute Gasteiger partial charge is 0.245 e. The number of amides is 1. The topological polar surface area (TPSA) is 50.4 Å². The second kappa shape index (κ2) is 6.52. The number of carbonyl (C=O) groups is 1. The van der Waals surface area contributed by atoms with E-state index in [2.05, 4.69) is 48.7 Å². The minimum Gasteiger partial charge on any atom is -0.380 e. The van der Waals surface area contributed by atoms with Gasteiger partial charge in [0, 0.05) is 17.6 Å². The highest BCUT2D eigenvalue weighted by Gasteiger charge is 2.41. The molecular formula is C19H28N2O2. The molecule has 0 atom stereocenters. The van der Waals surface area contributed by atoms with Gasteiger partial charge in [0.05, 0.1) is 13.2 Å². The lowest BCUT2D eigenvalue weighted by Gasteiger charge is -2.41. The van der Waals surface area contributed by atoms with Crippen LogP contribution in [0.15, 0.2) is 24.3 Å². The Morgan fingerprint density at radius 3 is 2.35 bits per heavy atom. The molecule has 4 heteroatoms. The number of ether oxygens (including phenoxy) is 1. The van der Waals surface area contributed by atoms with E-state index in [9.17, 15) is 4.79 Å². The summed E-state index contributed by atoms with van der Waals surface area (Å²) in [5.41, 5.74) is 1.91. The largest absolute Gasteiger partial charge is 0.380 e. The molecule has 3 rings (SSSR count). The summed E-state index contributed by atoms with van der Waals surface area (Å²) in [5.74, 6) is 0.144. The molecule has 1 aliphatic carbocycles. The zero-order chi connectivity index (χ0) is 16.3. The van der Waals surface area contributed by atoms with Crippen LogP contribution in [0.3, 0.4) is 0 Å². The van der Waals surface area contributed by atoms with E-state index < -0.39 is 5.54 Å². The number of hydrogen-bond acceptors (Lipinski definition) is 3. The molecule has 0 aromatic heterocycles. The van der Waals surface area contributed by atoms with Crippen molar-refractivity contribution < 1.29 is 9.53 Å². The van der Waals surface area contributed by atoms with Gasteiger partial charge in [0.1, 0.15) is 5.54 Å². The number of carbonyl (C=O) groups excluding carboxylic acids is 1. The zero-order valence-electron chi connectivity index (χ0n) is 14.3. The second-order valence-electron chi connectivity index (χ2n) is 7.62. The van der Waals surface area contributed by atoms with Crippen LogP contribution in [0.5, 0.6) is 0 Å². The fourth-order valence-electron chi connectivity index (χ4n) is 3.49. The lowest BCUT2D eigenvalue weighted by atomic mass is 9.80. The Morgan fingerprint density at radius 2 is 1.78 bits per heavy atom. The molecule has 2 fully saturated rings. The zero-order valence-corrected chi connectivity index (χ0v) is 14.3. The van der Waals surface area contributed by atoms with Crippen molar-refractivity contribution >= 4 is 11.6 Å². The van der Waals surface area contributed by atoms with Crippen LogP contribution in [0, 0.1) is 12.3 Å². The van der Waals surface area contributed by atoms with Crippen molar-refractivity contribution in [2.24, 2.45) is 5.41 Å². The van der Waals surface area contributed by atoms with Crippen molar-refractivity contribution in [2.45, 2.75) is 51.5 Å². The first-order valence-electron chi connectivity index (χ1n) is 8.72. The predicted molar refractivity (Wildman–Crippen MR) is 92.6 cm³/mol. The Balaban J connectivity index is 1.70. The highest BCUT2D eigenvalue weighted by molar-refractivity contribution is 5.89. The molecule has 1 aromatic carbocycles. The van der Waals surface area contributed by atoms with Crippen LogP contribution in [0.25, 0.3) is 0 Å². The van der Waals surface area contributed by atoms with Crippen molar-refractivity contribution in [2.75, 3.05) is 25.1 Å². The predicted octanol–water partition coefficient (Wildman–Crippen LogP) is 3.26. The average Bonchev–Trinajstić information content (AvgIpc) is 2.54. The molecule has 0 radical (unpaired) electrons. The Labute approximate surface area is 139 Å². The normalized spacial score (nSPS) is 22.0. The fraction of sp³-hybridized carbons (Fsp3) is 0.632. The van der Waals surface area contributed by atoms with Gasteiger partial charge in [0.2, 0.25) is 5.91 Å². The summed E-state index contributed by atoms with van der Waals surface area (Å²) in [4.78, 5) is 13.0. The van der Waals surface area contributed by atoms with Gasteiger partial charge in [-0.25, -0.2) is 0 Å². The van der Waals surface area contributed by atoms with Gasteiger partial charge >= 0.3 is 0 Å². The van der Waals surface area contributed by atoms with E-state index >= 15 is 0 Å². The molecule has 1 saturated heterocycles. The minimum atomic E-state index is -0.464. The molecule has 0 bridgehead atoms. The standard InChI is InChI=1S/C19H28N2O2/c1-15-6-8-16(9-7-15)21-19(10-4-3-5-11-19)17(22)20-12-18(2)13-23-14-18/h6-9,21H,3-5,10-14H2,1-2H3,(H,20,22). The van der Waals surface area contributed by atoms with Crippen molar-refractivity contribution in [3.8, 4) is 0 Å². The Hall–Kier alpha value is -1.55. The molecule has 1 aliphatic heterocycles. The van der Waals surface area contributed by atoms with Gasteiger partial charge in [-0.2, -0.15) is 0 Å². The summed E-state index contributed by atoms with van der Waals surface area (Å²) in [7, 11) is 0. The molecular weight excluding hydrogens is 288 g/mol. The summed E-state index contributed by atoms with van der Waals surface area (Å²) < 4.78 is 5.28. The third-order valence-corrected chi connectivity index (χ3v) is 5.15. The van der Waals surface area contributed by atoms with E-state index in [4.69, 9.17) is 4.74 Å². The molecule has 2 N–H and O–H groups in total. The first-order valence-corrected chi connectivity index (χ1v) is 8.72. The van der Waals surface area contributed by atoms with Crippen LogP contribution in [0.1, 0.15) is 44.6 Å². The number of nitrogens with one attached hydrogen (secondary N) is 2. The maximum absolute atomic E-state index is 13.0. The molecule has 126 valence electrons. The summed E-state index contributed by atoms with van der Waals surface area (Å²) in [6, 6.07) is 8.31. The summed E-state index contributed by atoms with van der Waals surface area (Å²) in [6.07, 6.45) is 5.23. The van der Waals surface area contributed by atoms with Crippen molar-refractivity contribution in [1.29, 1.82) is 0 Å². The number of anilines is 1. The highest BCUT2D eigenvalue weighted by Crippen LogP contribution is 2.33. The molecule has 0 unspecified atom stereocenters. The molecule has 0 spiro atoms. The van der Waals surface area contributed by atoms with Crippen LogP contribution in [0.2, 0.25) is 0 Å². The lowest BCUT2D eigenvalue weighted by molar-refractivity contribution is -0.131. The van der Waals surface area contributed by atoms with Gasteiger partial charge in [-0.15, -0.1) is 0 Å². The van der Waals surface area contributed by atoms with Crippen LogP contribution < -0.4 is 10.6 Å². The SMILES string of the molecule is Cc1ccc(NC2(C(=O)NCC3(C)COC3)CCCCC2)cc1. The van der Waals surface area contributed by atoms with Crippen molar-refractivity contribution in [3.05, 3.63) is 29.8 Å². The lowest BCUT2D eigenvalue weighted by Crippen LogP contribution is -2.57. The number of aryl methyl sites for hydroxylation is 1. The minimum absolute atomic E-state index is 0.107. The van der Waals surface area contributed by atoms with E-state index in [1.807, 2.05) is 0 Å². The maximum atomic E-state index is 13.0. The molecule has 4 nitrogen and oxygen atoms in total. The maximum Gasteiger partial charge on any atom is 0.245 e. The number of rotatable bonds is 5. The van der Waals surface area contributed by atoms with E-state index in [-0.39, 0.29) is 11.3 Å². The second-order valence-corrected chi connectivity index (χ2v) is 7.62. The fourth-order valence-corrected chi connectivity index (χ4v) is 3.49. The van der Waals surface area contributed by atoms with Gasteiger partial charge in [-0.3, -0.25) is 4.79 Å². The van der Waals surface area contributed by atoms with Crippen molar-refractivity contribution in [3.63, 3.8) is 0 Å². The third-order valence-electron chi connectivity index (χ3n) is 5.15. The van der Waals surface area contributed by atoms with E-state index in [0.717, 1.165) is 44.6 Å². The van der Waals surface area contributed by atoms with E-state index in [1.54, 1.807) is 0 Å². The Bertz CT molecular complexity index is 543. The third kappa shape index (κ3) is 3.69. The van der Waals surface area contributed by atoms with Crippen LogP contribution in [0.4, 0.5) is 5.69 Å². The molecule has 1 saturated carbocycles. The van der Waals surface area contributed by atoms with Crippen molar-refractivity contribution in [1.82, 2.24) is 5.32 Å². The molecule has 1 heterocycles. The van der Waals surface area contributed by atoms with Crippen LogP contribution in [-0.2, 0) is 9.53 Å². The molecule has 23 heavy (non-hydrogen) atoms. The first-order chi connectivity index (χ1) is 11.0. The Kier molecular flexibility index (Phi) is 4.62. The first kappa shape index (κ1) is 16.3. The molecule has 1 aromatic rings. The number of benzene rings is 1. The molecule has 2 aliphatic rings. The average molecular weight is 316 g/mol. The van der Waals surface area contributed by atoms with Crippen LogP contribution >= 0.6 is 0 Å². The summed E-state index contributed by atoms with van der Waals surface area (Å²) >= 11 is 0. The monoisotopic (exact) mass is 316 g/mol. The van der Waals surface area contributed by atoms with E-state index in [1.165, 1.54) is 12.0 Å². The van der Waals surface area contributed by atoms with Gasteiger partial charge in [-0.1, -0.05) is 43.9 Å². The van der Waals surface area contributed by atoms with E-state index in [0.29, 0.717) is 6.54 Å². The highest BCUT2D eigenvalue weighted by atomic mass is 16.5. The van der Waals surface area contributed by atoms with Gasteiger partial charge in [0.15, 0.2) is 0 Å². The van der Waals surface area contributed by atoms with Gasteiger partial charge in [-0.05, 0) is 31.9 Å². The quantitative estimate of drug-likeness (QED) is 0.876. The number of hydrogen-bond donors (Lipinski definition) is 2. The van der Waals surface area contributed by atoms with Gasteiger partial charge in [0.25, 0.3) is 0 Å². The Morgan fingerprint density at radius 1 is 1.13 bits per heavy atom.